The van der Waals surface area contributed by atoms with E-state index in [0.717, 1.165) is 21.3 Å². The molecule has 10 nitrogen and oxygen atoms in total. The maximum Gasteiger partial charge on any atom is 0.404 e. The van der Waals surface area contributed by atoms with E-state index < -0.39 is 16.9 Å². The maximum absolute atomic E-state index is 11.3. The van der Waals surface area contributed by atoms with Crippen molar-refractivity contribution in [2.24, 2.45) is 11.7 Å². The molecule has 2 aromatic rings. The van der Waals surface area contributed by atoms with Gasteiger partial charge in [0.1, 0.15) is 6.61 Å². The average Bonchev–Trinajstić information content (AvgIpc) is 3.04. The van der Waals surface area contributed by atoms with E-state index in [4.69, 9.17) is 15.2 Å². The molecule has 0 saturated carbocycles. The van der Waals surface area contributed by atoms with E-state index in [1.54, 1.807) is 18.3 Å². The molecule has 1 atom stereocenters. The SMILES string of the molecule is CC(C)C1=C(Sc2cccc([N+](=O)[O-])c2)N(Cc2ccccn2)C(C)(OCCOC(N)=O)N1. The van der Waals surface area contributed by atoms with Gasteiger partial charge in [0.25, 0.3) is 5.69 Å². The van der Waals surface area contributed by atoms with Crippen molar-refractivity contribution in [2.75, 3.05) is 13.2 Å². The number of carbonyl (C=O) groups excluding carboxylic acids is 1. The van der Waals surface area contributed by atoms with Crippen LogP contribution in [0.1, 0.15) is 26.5 Å². The first-order valence-corrected chi connectivity index (χ1v) is 11.2. The lowest BCUT2D eigenvalue weighted by molar-refractivity contribution is -0.385. The molecule has 1 amide bonds. The number of amides is 1. The van der Waals surface area contributed by atoms with E-state index in [1.807, 2.05) is 36.1 Å². The van der Waals surface area contributed by atoms with Crippen LogP contribution in [0.5, 0.6) is 0 Å². The van der Waals surface area contributed by atoms with Crippen LogP contribution in [0, 0.1) is 16.0 Å². The van der Waals surface area contributed by atoms with E-state index in [1.165, 1.54) is 17.8 Å². The number of nitrogens with zero attached hydrogens (tertiary/aromatic N) is 3. The minimum absolute atomic E-state index is 0.00833. The van der Waals surface area contributed by atoms with Crippen molar-refractivity contribution < 1.29 is 19.2 Å². The molecule has 1 aromatic heterocycles. The topological polar surface area (TPSA) is 133 Å². The largest absolute Gasteiger partial charge is 0.447 e. The minimum Gasteiger partial charge on any atom is -0.447 e. The third-order valence-corrected chi connectivity index (χ3v) is 6.06. The van der Waals surface area contributed by atoms with Crippen LogP contribution < -0.4 is 11.1 Å². The molecule has 1 unspecified atom stereocenters. The summed E-state index contributed by atoms with van der Waals surface area (Å²) in [5, 5.41) is 15.6. The first kappa shape index (κ1) is 24.3. The number of nitrogens with one attached hydrogen (secondary N) is 1. The summed E-state index contributed by atoms with van der Waals surface area (Å²) in [4.78, 5) is 28.9. The fraction of sp³-hybridized carbons (Fsp3) is 0.364. The van der Waals surface area contributed by atoms with Crippen molar-refractivity contribution in [2.45, 2.75) is 38.1 Å². The first-order valence-electron chi connectivity index (χ1n) is 10.4. The number of benzene rings is 1. The second-order valence-corrected chi connectivity index (χ2v) is 8.82. The maximum atomic E-state index is 11.3. The molecule has 0 spiro atoms. The van der Waals surface area contributed by atoms with Gasteiger partial charge in [-0.2, -0.15) is 0 Å². The highest BCUT2D eigenvalue weighted by atomic mass is 32.2. The summed E-state index contributed by atoms with van der Waals surface area (Å²) in [5.41, 5.74) is 6.82. The predicted molar refractivity (Wildman–Crippen MR) is 124 cm³/mol. The lowest BCUT2D eigenvalue weighted by Gasteiger charge is -2.37. The molecule has 11 heteroatoms. The zero-order valence-corrected chi connectivity index (χ0v) is 19.5. The van der Waals surface area contributed by atoms with Crippen LogP contribution in [-0.4, -0.2) is 40.0 Å². The van der Waals surface area contributed by atoms with Gasteiger partial charge in [0.2, 0.25) is 5.85 Å². The Hall–Kier alpha value is -3.31. The monoisotopic (exact) mass is 473 g/mol. The van der Waals surface area contributed by atoms with Gasteiger partial charge in [0.05, 0.1) is 28.8 Å². The van der Waals surface area contributed by atoms with Crippen LogP contribution in [-0.2, 0) is 16.0 Å². The number of hydrogen-bond acceptors (Lipinski definition) is 9. The summed E-state index contributed by atoms with van der Waals surface area (Å²) in [6.45, 7) is 6.53. The number of nitrogens with two attached hydrogens (primary N) is 1. The van der Waals surface area contributed by atoms with Crippen LogP contribution in [0.2, 0.25) is 0 Å². The Morgan fingerprint density at radius 2 is 2.09 bits per heavy atom. The van der Waals surface area contributed by atoms with Gasteiger partial charge in [-0.1, -0.05) is 37.7 Å². The molecule has 0 bridgehead atoms. The van der Waals surface area contributed by atoms with Gasteiger partial charge in [0, 0.05) is 35.8 Å². The number of nitro groups is 1. The van der Waals surface area contributed by atoms with Gasteiger partial charge in [-0.05, 0) is 24.1 Å². The number of aromatic nitrogens is 1. The summed E-state index contributed by atoms with van der Waals surface area (Å²) in [6, 6.07) is 12.2. The lowest BCUT2D eigenvalue weighted by atomic mass is 10.1. The number of rotatable bonds is 10. The zero-order chi connectivity index (χ0) is 24.0. The van der Waals surface area contributed by atoms with Crippen molar-refractivity contribution in [3.05, 3.63) is 75.2 Å². The highest BCUT2D eigenvalue weighted by molar-refractivity contribution is 8.03. The number of hydrogen-bond donors (Lipinski definition) is 2. The lowest BCUT2D eigenvalue weighted by Crippen LogP contribution is -2.52. The van der Waals surface area contributed by atoms with Gasteiger partial charge >= 0.3 is 6.09 Å². The molecule has 1 aliphatic rings. The molecule has 1 aromatic carbocycles. The summed E-state index contributed by atoms with van der Waals surface area (Å²) in [6.07, 6.45) is 0.856. The smallest absolute Gasteiger partial charge is 0.404 e. The Labute approximate surface area is 196 Å². The summed E-state index contributed by atoms with van der Waals surface area (Å²) in [7, 11) is 0. The third kappa shape index (κ3) is 6.14. The van der Waals surface area contributed by atoms with Gasteiger partial charge in [-0.3, -0.25) is 15.1 Å². The second kappa shape index (κ2) is 10.5. The molecule has 0 saturated heterocycles. The molecule has 2 heterocycles. The summed E-state index contributed by atoms with van der Waals surface area (Å²) < 4.78 is 10.9. The number of nitro benzene ring substituents is 1. The highest BCUT2D eigenvalue weighted by Gasteiger charge is 2.43. The Balaban J connectivity index is 1.94. The van der Waals surface area contributed by atoms with Crippen LogP contribution in [0.25, 0.3) is 0 Å². The summed E-state index contributed by atoms with van der Waals surface area (Å²) in [5.74, 6) is -0.856. The van der Waals surface area contributed by atoms with Crippen LogP contribution in [0.3, 0.4) is 0 Å². The molecule has 3 N–H and O–H groups in total. The molecular formula is C22H27N5O5S. The van der Waals surface area contributed by atoms with Crippen LogP contribution in [0.4, 0.5) is 10.5 Å². The second-order valence-electron chi connectivity index (χ2n) is 7.76. The van der Waals surface area contributed by atoms with Crippen molar-refractivity contribution in [1.82, 2.24) is 15.2 Å². The fourth-order valence-corrected chi connectivity index (χ4v) is 4.65. The van der Waals surface area contributed by atoms with Gasteiger partial charge in [-0.25, -0.2) is 4.79 Å². The number of ether oxygens (including phenoxy) is 2. The van der Waals surface area contributed by atoms with Crippen LogP contribution >= 0.6 is 11.8 Å². The number of non-ortho nitro benzene ring substituents is 1. The van der Waals surface area contributed by atoms with Crippen molar-refractivity contribution in [3.63, 3.8) is 0 Å². The molecule has 0 aliphatic carbocycles. The molecular weight excluding hydrogens is 446 g/mol. The van der Waals surface area contributed by atoms with Gasteiger partial charge in [-0.15, -0.1) is 0 Å². The predicted octanol–water partition coefficient (Wildman–Crippen LogP) is 3.80. The molecule has 1 aliphatic heterocycles. The third-order valence-electron chi connectivity index (χ3n) is 4.93. The average molecular weight is 474 g/mol. The first-order chi connectivity index (χ1) is 15.7. The molecule has 0 radical (unpaired) electrons. The van der Waals surface area contributed by atoms with Gasteiger partial charge in [0.15, 0.2) is 0 Å². The fourth-order valence-electron chi connectivity index (χ4n) is 3.36. The Morgan fingerprint density at radius 1 is 1.30 bits per heavy atom. The van der Waals surface area contributed by atoms with Crippen molar-refractivity contribution in [1.29, 1.82) is 0 Å². The number of carbonyl (C=O) groups is 1. The standard InChI is InChI=1S/C22H27N5O5S/c1-15(2)19-20(33-18-9-6-8-17(13-18)27(29)30)26(14-16-7-4-5-10-24-16)22(3,25-19)32-12-11-31-21(23)28/h4-10,13,15,25H,11-12,14H2,1-3H3,(H2,23,28). The highest BCUT2D eigenvalue weighted by Crippen LogP contribution is 2.43. The summed E-state index contributed by atoms with van der Waals surface area (Å²) >= 11 is 1.42. The minimum atomic E-state index is -0.971. The quantitative estimate of drug-likeness (QED) is 0.300. The van der Waals surface area contributed by atoms with Crippen molar-refractivity contribution >= 4 is 23.5 Å². The normalized spacial score (nSPS) is 17.9. The van der Waals surface area contributed by atoms with E-state index in [2.05, 4.69) is 24.1 Å². The van der Waals surface area contributed by atoms with E-state index in [-0.39, 0.29) is 24.8 Å². The van der Waals surface area contributed by atoms with Crippen LogP contribution in [0.15, 0.2) is 64.3 Å². The molecule has 176 valence electrons. The number of thioether (sulfide) groups is 1. The Bertz CT molecular complexity index is 1030. The zero-order valence-electron chi connectivity index (χ0n) is 18.7. The number of pyridine rings is 1. The van der Waals surface area contributed by atoms with Gasteiger partial charge < -0.3 is 25.4 Å². The molecule has 3 rings (SSSR count). The number of allylic oxidation sites excluding steroid dienone is 1. The Kier molecular flexibility index (Phi) is 7.77. The van der Waals surface area contributed by atoms with E-state index >= 15 is 0 Å². The van der Waals surface area contributed by atoms with E-state index in [9.17, 15) is 14.9 Å². The molecule has 0 fully saturated rings. The Morgan fingerprint density at radius 3 is 2.73 bits per heavy atom. The van der Waals surface area contributed by atoms with Crippen molar-refractivity contribution in [3.8, 4) is 0 Å². The molecule has 33 heavy (non-hydrogen) atoms. The number of primary amides is 1. The van der Waals surface area contributed by atoms with E-state index in [0.29, 0.717) is 6.54 Å².